The van der Waals surface area contributed by atoms with Crippen LogP contribution >= 0.6 is 0 Å². The van der Waals surface area contributed by atoms with E-state index in [2.05, 4.69) is 20.4 Å². The van der Waals surface area contributed by atoms with Gasteiger partial charge in [0.15, 0.2) is 0 Å². The number of hydrogen-bond donors (Lipinski definition) is 1. The monoisotopic (exact) mass is 313 g/mol. The molecule has 0 unspecified atom stereocenters. The van der Waals surface area contributed by atoms with Gasteiger partial charge < -0.3 is 10.1 Å². The molecule has 1 aliphatic rings. The molecule has 3 rings (SSSR count). The minimum atomic E-state index is -4.50. The van der Waals surface area contributed by atoms with E-state index >= 15 is 0 Å². The quantitative estimate of drug-likeness (QED) is 0.940. The van der Waals surface area contributed by atoms with Crippen LogP contribution in [-0.2, 0) is 17.5 Å². The lowest BCUT2D eigenvalue weighted by molar-refractivity contribution is -0.141. The minimum absolute atomic E-state index is 0.119. The van der Waals surface area contributed by atoms with E-state index in [1.165, 1.54) is 6.20 Å². The molecule has 2 aromatic heterocycles. The molecule has 1 atom stereocenters. The number of anilines is 2. The molecule has 1 fully saturated rings. The summed E-state index contributed by atoms with van der Waals surface area (Å²) < 4.78 is 45.0. The third kappa shape index (κ3) is 3.53. The van der Waals surface area contributed by atoms with Crippen molar-refractivity contribution < 1.29 is 17.9 Å². The standard InChI is InChI=1S/C13H14F3N5O/c14-13(15,16)11-3-4-17-12(20-11)19-9-6-18-21(7-9)8-10-2-1-5-22-10/h3-4,6-7,10H,1-2,5,8H2,(H,17,19,20)/t10-/m1/s1. The molecule has 0 aromatic carbocycles. The van der Waals surface area contributed by atoms with E-state index in [1.807, 2.05) is 0 Å². The van der Waals surface area contributed by atoms with Crippen molar-refractivity contribution in [3.05, 3.63) is 30.4 Å². The SMILES string of the molecule is FC(F)(F)c1ccnc(Nc2cnn(C[C@H]3CCCO3)c2)n1. The smallest absolute Gasteiger partial charge is 0.376 e. The van der Waals surface area contributed by atoms with E-state index in [0.717, 1.165) is 31.7 Å². The average molecular weight is 313 g/mol. The van der Waals surface area contributed by atoms with Crippen LogP contribution in [0.1, 0.15) is 18.5 Å². The lowest BCUT2D eigenvalue weighted by Gasteiger charge is -2.08. The molecule has 22 heavy (non-hydrogen) atoms. The predicted octanol–water partition coefficient (Wildman–Crippen LogP) is 2.61. The molecule has 1 saturated heterocycles. The van der Waals surface area contributed by atoms with E-state index < -0.39 is 11.9 Å². The zero-order valence-corrected chi connectivity index (χ0v) is 11.5. The molecule has 118 valence electrons. The second-order valence-electron chi connectivity index (χ2n) is 4.97. The molecule has 0 amide bonds. The van der Waals surface area contributed by atoms with Gasteiger partial charge in [0.05, 0.1) is 24.5 Å². The first-order chi connectivity index (χ1) is 10.5. The summed E-state index contributed by atoms with van der Waals surface area (Å²) >= 11 is 0. The molecule has 0 bridgehead atoms. The summed E-state index contributed by atoms with van der Waals surface area (Å²) in [5.41, 5.74) is -0.464. The van der Waals surface area contributed by atoms with Gasteiger partial charge in [-0.15, -0.1) is 0 Å². The molecule has 0 aliphatic carbocycles. The van der Waals surface area contributed by atoms with Crippen LogP contribution < -0.4 is 5.32 Å². The summed E-state index contributed by atoms with van der Waals surface area (Å²) in [7, 11) is 0. The van der Waals surface area contributed by atoms with Crippen molar-refractivity contribution >= 4 is 11.6 Å². The van der Waals surface area contributed by atoms with Crippen molar-refractivity contribution in [2.45, 2.75) is 31.7 Å². The molecule has 0 radical (unpaired) electrons. The molecule has 9 heteroatoms. The lowest BCUT2D eigenvalue weighted by Crippen LogP contribution is -2.15. The Bertz CT molecular complexity index is 637. The summed E-state index contributed by atoms with van der Waals surface area (Å²) in [5, 5.41) is 6.86. The van der Waals surface area contributed by atoms with Crippen LogP contribution in [0.5, 0.6) is 0 Å². The van der Waals surface area contributed by atoms with Crippen LogP contribution in [0.25, 0.3) is 0 Å². The highest BCUT2D eigenvalue weighted by Crippen LogP contribution is 2.28. The van der Waals surface area contributed by atoms with Gasteiger partial charge in [-0.1, -0.05) is 0 Å². The first-order valence-electron chi connectivity index (χ1n) is 6.82. The van der Waals surface area contributed by atoms with E-state index in [-0.39, 0.29) is 12.1 Å². The van der Waals surface area contributed by atoms with Crippen molar-refractivity contribution in [2.75, 3.05) is 11.9 Å². The third-order valence-corrected chi connectivity index (χ3v) is 3.25. The first-order valence-corrected chi connectivity index (χ1v) is 6.82. The summed E-state index contributed by atoms with van der Waals surface area (Å²) in [6.45, 7) is 1.38. The van der Waals surface area contributed by atoms with Gasteiger partial charge in [-0.25, -0.2) is 9.97 Å². The molecule has 0 saturated carbocycles. The van der Waals surface area contributed by atoms with Gasteiger partial charge in [-0.05, 0) is 18.9 Å². The number of rotatable bonds is 4. The summed E-state index contributed by atoms with van der Waals surface area (Å²) in [6, 6.07) is 0.825. The molecule has 1 aliphatic heterocycles. The maximum absolute atomic E-state index is 12.6. The van der Waals surface area contributed by atoms with Crippen molar-refractivity contribution in [1.82, 2.24) is 19.7 Å². The molecule has 1 N–H and O–H groups in total. The van der Waals surface area contributed by atoms with Gasteiger partial charge in [0, 0.05) is 19.0 Å². The van der Waals surface area contributed by atoms with Gasteiger partial charge in [0.2, 0.25) is 5.95 Å². The zero-order chi connectivity index (χ0) is 15.6. The van der Waals surface area contributed by atoms with Gasteiger partial charge in [0.25, 0.3) is 0 Å². The number of hydrogen-bond acceptors (Lipinski definition) is 5. The number of alkyl halides is 3. The highest BCUT2D eigenvalue weighted by Gasteiger charge is 2.32. The van der Waals surface area contributed by atoms with E-state index in [9.17, 15) is 13.2 Å². The zero-order valence-electron chi connectivity index (χ0n) is 11.5. The predicted molar refractivity (Wildman–Crippen MR) is 71.5 cm³/mol. The highest BCUT2D eigenvalue weighted by atomic mass is 19.4. The van der Waals surface area contributed by atoms with Crippen LogP contribution in [0, 0.1) is 0 Å². The van der Waals surface area contributed by atoms with Gasteiger partial charge >= 0.3 is 6.18 Å². The molecule has 3 heterocycles. The Morgan fingerprint density at radius 3 is 3.00 bits per heavy atom. The maximum Gasteiger partial charge on any atom is 0.433 e. The van der Waals surface area contributed by atoms with Crippen molar-refractivity contribution in [3.63, 3.8) is 0 Å². The Kier molecular flexibility index (Phi) is 3.97. The normalized spacial score (nSPS) is 18.6. The summed E-state index contributed by atoms with van der Waals surface area (Å²) in [6.07, 6.45) is 1.92. The Morgan fingerprint density at radius 2 is 2.27 bits per heavy atom. The van der Waals surface area contributed by atoms with Gasteiger partial charge in [-0.2, -0.15) is 18.3 Å². The Balaban J connectivity index is 1.67. The van der Waals surface area contributed by atoms with Gasteiger partial charge in [-0.3, -0.25) is 4.68 Å². The van der Waals surface area contributed by atoms with Crippen LogP contribution in [0.2, 0.25) is 0 Å². The molecular weight excluding hydrogens is 299 g/mol. The van der Waals surface area contributed by atoms with Crippen molar-refractivity contribution in [3.8, 4) is 0 Å². The Hall–Kier alpha value is -2.16. The van der Waals surface area contributed by atoms with Crippen LogP contribution in [0.3, 0.4) is 0 Å². The minimum Gasteiger partial charge on any atom is -0.376 e. The van der Waals surface area contributed by atoms with Crippen LogP contribution in [0.15, 0.2) is 24.7 Å². The average Bonchev–Trinajstić information content (AvgIpc) is 3.11. The lowest BCUT2D eigenvalue weighted by atomic mass is 10.2. The van der Waals surface area contributed by atoms with Crippen molar-refractivity contribution in [1.29, 1.82) is 0 Å². The van der Waals surface area contributed by atoms with E-state index in [0.29, 0.717) is 12.2 Å². The third-order valence-electron chi connectivity index (χ3n) is 3.25. The number of nitrogens with one attached hydrogen (secondary N) is 1. The molecule has 6 nitrogen and oxygen atoms in total. The van der Waals surface area contributed by atoms with E-state index in [1.54, 1.807) is 10.9 Å². The molecular formula is C13H14F3N5O. The highest BCUT2D eigenvalue weighted by molar-refractivity contribution is 5.50. The second-order valence-corrected chi connectivity index (χ2v) is 4.97. The number of aromatic nitrogens is 4. The van der Waals surface area contributed by atoms with Crippen LogP contribution in [-0.4, -0.2) is 32.5 Å². The molecule has 2 aromatic rings. The molecule has 0 spiro atoms. The van der Waals surface area contributed by atoms with E-state index in [4.69, 9.17) is 4.74 Å². The second kappa shape index (κ2) is 5.91. The summed E-state index contributed by atoms with van der Waals surface area (Å²) in [4.78, 5) is 7.22. The fourth-order valence-corrected chi connectivity index (χ4v) is 2.23. The number of ether oxygens (including phenoxy) is 1. The topological polar surface area (TPSA) is 64.9 Å². The van der Waals surface area contributed by atoms with Gasteiger partial charge in [0.1, 0.15) is 5.69 Å². The van der Waals surface area contributed by atoms with Crippen LogP contribution in [0.4, 0.5) is 24.8 Å². The fourth-order valence-electron chi connectivity index (χ4n) is 2.23. The number of nitrogens with zero attached hydrogens (tertiary/aromatic N) is 4. The maximum atomic E-state index is 12.6. The summed E-state index contributed by atoms with van der Waals surface area (Å²) in [5.74, 6) is -0.119. The number of halogens is 3. The largest absolute Gasteiger partial charge is 0.433 e. The Labute approximate surface area is 124 Å². The van der Waals surface area contributed by atoms with Crippen molar-refractivity contribution in [2.24, 2.45) is 0 Å². The first kappa shape index (κ1) is 14.8. The fraction of sp³-hybridized carbons (Fsp3) is 0.462. The Morgan fingerprint density at radius 1 is 1.41 bits per heavy atom.